The van der Waals surface area contributed by atoms with Crippen LogP contribution in [0.3, 0.4) is 0 Å². The van der Waals surface area contributed by atoms with Crippen LogP contribution >= 0.6 is 0 Å². The quantitative estimate of drug-likeness (QED) is 0.143. The predicted octanol–water partition coefficient (Wildman–Crippen LogP) is 5.84. The summed E-state index contributed by atoms with van der Waals surface area (Å²) in [6.07, 6.45) is 7.64. The first kappa shape index (κ1) is 47.0. The van der Waals surface area contributed by atoms with E-state index in [9.17, 15) is 19.5 Å². The number of anilines is 2. The van der Waals surface area contributed by atoms with Crippen LogP contribution in [-0.4, -0.2) is 156 Å². The van der Waals surface area contributed by atoms with E-state index in [1.165, 1.54) is 12.1 Å². The topological polar surface area (TPSA) is 166 Å². The van der Waals surface area contributed by atoms with Crippen LogP contribution < -0.4 is 19.9 Å². The lowest BCUT2D eigenvalue weighted by molar-refractivity contribution is -0.167. The zero-order valence-corrected chi connectivity index (χ0v) is 40.8. The maximum atomic E-state index is 17.3. The Morgan fingerprint density at radius 1 is 0.889 bits per heavy atom. The molecule has 2 aromatic heterocycles. The van der Waals surface area contributed by atoms with E-state index in [1.54, 1.807) is 23.2 Å². The molecular formula is C54H61F2N9O7. The SMILES string of the molecule is CCc1c(F)ccc2cc(O)cc(-c3ncc4c(N5CCOCC6(CCO6)C5)nc(OCC5(CN6CCC(CN7CCN(c8ccc9c(c8)CN([C@H]8CCC(=O)NC8=O)C9=O)CC7)CC6)CC5)nc4c3F)c12. The van der Waals surface area contributed by atoms with Crippen molar-refractivity contribution in [2.75, 3.05) is 102 Å². The van der Waals surface area contributed by atoms with Crippen molar-refractivity contribution in [1.82, 2.24) is 35.0 Å². The molecular weight excluding hydrogens is 925 g/mol. The molecule has 1 unspecified atom stereocenters. The van der Waals surface area contributed by atoms with Crippen molar-refractivity contribution >= 4 is 50.9 Å². The first-order valence-electron chi connectivity index (χ1n) is 25.8. The number of aromatic hydroxyl groups is 1. The fourth-order valence-corrected chi connectivity index (χ4v) is 12.1. The predicted molar refractivity (Wildman–Crippen MR) is 265 cm³/mol. The number of hydrogen-bond donors (Lipinski definition) is 2. The molecule has 6 fully saturated rings. The van der Waals surface area contributed by atoms with Crippen LogP contribution in [0, 0.1) is 23.0 Å². The number of amides is 3. The molecule has 378 valence electrons. The molecule has 18 heteroatoms. The number of hydrogen-bond acceptors (Lipinski definition) is 14. The number of pyridine rings is 1. The standard InChI is InChI=1S/C54H61F2N9O7/c1-2-38-42(55)6-3-34-24-37(66)25-40(45(34)38)47-46(56)48-41(26-57-47)49(64-20-22-70-32-54(30-64)13-21-72-54)60-52(59-48)71-31-53(11-12-53)29-62-14-9-33(10-15-62)27-61-16-18-63(19-17-61)36-4-5-39-35(23-36)28-65(51(39)69)43-7-8-44(67)58-50(43)68/h3-6,23-26,33,43,66H,2,7-22,27-32H2,1H3,(H,58,67,68)/t43-,54?/m0/s1. The highest BCUT2D eigenvalue weighted by Crippen LogP contribution is 2.47. The maximum Gasteiger partial charge on any atom is 0.319 e. The zero-order chi connectivity index (χ0) is 49.3. The fourth-order valence-electron chi connectivity index (χ4n) is 12.1. The fraction of sp³-hybridized carbons (Fsp3) is 0.519. The molecule has 5 aromatic rings. The molecule has 3 aromatic carbocycles. The smallest absolute Gasteiger partial charge is 0.319 e. The Labute approximate surface area is 416 Å². The largest absolute Gasteiger partial charge is 0.508 e. The summed E-state index contributed by atoms with van der Waals surface area (Å²) in [5.74, 6) is -0.920. The molecule has 1 spiro atoms. The summed E-state index contributed by atoms with van der Waals surface area (Å²) in [5.41, 5.74) is 2.81. The highest BCUT2D eigenvalue weighted by molar-refractivity contribution is 6.06. The summed E-state index contributed by atoms with van der Waals surface area (Å²) in [7, 11) is 0. The van der Waals surface area contributed by atoms with Gasteiger partial charge in [-0.15, -0.1) is 0 Å². The average Bonchev–Trinajstić information content (AvgIpc) is 4.12. The van der Waals surface area contributed by atoms with Gasteiger partial charge < -0.3 is 38.9 Å². The Morgan fingerprint density at radius 3 is 2.46 bits per heavy atom. The minimum Gasteiger partial charge on any atom is -0.508 e. The van der Waals surface area contributed by atoms with Crippen molar-refractivity contribution in [2.24, 2.45) is 11.3 Å². The minimum atomic E-state index is -0.704. The number of piperazine rings is 1. The van der Waals surface area contributed by atoms with E-state index in [1.807, 2.05) is 19.1 Å². The number of aromatic nitrogens is 3. The average molecular weight is 986 g/mol. The van der Waals surface area contributed by atoms with Crippen molar-refractivity contribution in [2.45, 2.75) is 76.5 Å². The van der Waals surface area contributed by atoms with Crippen molar-refractivity contribution in [1.29, 1.82) is 0 Å². The van der Waals surface area contributed by atoms with Gasteiger partial charge in [0.25, 0.3) is 5.91 Å². The molecule has 0 radical (unpaired) electrons. The van der Waals surface area contributed by atoms with E-state index in [0.29, 0.717) is 97.9 Å². The molecule has 72 heavy (non-hydrogen) atoms. The first-order valence-corrected chi connectivity index (χ1v) is 25.8. The second kappa shape index (κ2) is 18.8. The molecule has 7 aliphatic rings. The lowest BCUT2D eigenvalue weighted by Crippen LogP contribution is -2.54. The van der Waals surface area contributed by atoms with Crippen molar-refractivity contribution in [3.05, 3.63) is 77.0 Å². The van der Waals surface area contributed by atoms with Crippen LogP contribution in [0.15, 0.2) is 48.7 Å². The number of carbonyl (C=O) groups is 3. The number of phenolic OH excluding ortho intramolecular Hbond substituents is 1. The van der Waals surface area contributed by atoms with Crippen molar-refractivity contribution in [3.63, 3.8) is 0 Å². The van der Waals surface area contributed by atoms with Gasteiger partial charge in [-0.25, -0.2) is 8.78 Å². The van der Waals surface area contributed by atoms with Crippen LogP contribution in [0.1, 0.15) is 73.4 Å². The molecule has 6 aliphatic heterocycles. The third-order valence-electron chi connectivity index (χ3n) is 16.5. The number of likely N-dealkylation sites (tertiary alicyclic amines) is 1. The summed E-state index contributed by atoms with van der Waals surface area (Å²) in [6, 6.07) is 11.4. The summed E-state index contributed by atoms with van der Waals surface area (Å²) in [4.78, 5) is 63.1. The molecule has 1 aliphatic carbocycles. The van der Waals surface area contributed by atoms with Crippen LogP contribution in [0.5, 0.6) is 11.8 Å². The highest BCUT2D eigenvalue weighted by Gasteiger charge is 2.46. The van der Waals surface area contributed by atoms with Crippen LogP contribution in [0.25, 0.3) is 32.9 Å². The van der Waals surface area contributed by atoms with Gasteiger partial charge in [-0.05, 0) is 116 Å². The number of ether oxygens (including phenoxy) is 3. The van der Waals surface area contributed by atoms with Crippen LogP contribution in [0.2, 0.25) is 0 Å². The van der Waals surface area contributed by atoms with Crippen molar-refractivity contribution in [3.8, 4) is 23.0 Å². The number of fused-ring (bicyclic) bond motifs is 3. The van der Waals surface area contributed by atoms with E-state index in [4.69, 9.17) is 24.2 Å². The summed E-state index contributed by atoms with van der Waals surface area (Å²) in [5, 5.41) is 14.7. The third-order valence-corrected chi connectivity index (χ3v) is 16.5. The molecule has 2 N–H and O–H groups in total. The molecule has 12 rings (SSSR count). The number of halogens is 2. The zero-order valence-electron chi connectivity index (χ0n) is 40.8. The van der Waals surface area contributed by atoms with Gasteiger partial charge in [0.1, 0.15) is 40.2 Å². The molecule has 2 atom stereocenters. The van der Waals surface area contributed by atoms with E-state index >= 15 is 8.78 Å². The number of rotatable bonds is 12. The number of piperidine rings is 2. The number of imide groups is 1. The summed E-state index contributed by atoms with van der Waals surface area (Å²) in [6.45, 7) is 12.9. The lowest BCUT2D eigenvalue weighted by atomic mass is 9.94. The number of phenols is 1. The number of benzene rings is 3. The van der Waals surface area contributed by atoms with Gasteiger partial charge in [-0.1, -0.05) is 13.0 Å². The Hall–Kier alpha value is -6.08. The van der Waals surface area contributed by atoms with Gasteiger partial charge in [0.2, 0.25) is 11.8 Å². The molecule has 8 heterocycles. The Balaban J connectivity index is 0.693. The van der Waals surface area contributed by atoms with Crippen molar-refractivity contribution < 1.29 is 42.5 Å². The van der Waals surface area contributed by atoms with Gasteiger partial charge in [-0.2, -0.15) is 9.97 Å². The monoisotopic (exact) mass is 985 g/mol. The number of nitrogens with one attached hydrogen (secondary N) is 1. The maximum absolute atomic E-state index is 17.3. The normalized spacial score (nSPS) is 24.0. The number of aryl methyl sites for hydroxylation is 1. The molecule has 16 nitrogen and oxygen atoms in total. The van der Waals surface area contributed by atoms with Gasteiger partial charge in [0, 0.05) is 93.6 Å². The van der Waals surface area contributed by atoms with Crippen LogP contribution in [0.4, 0.5) is 20.3 Å². The summed E-state index contributed by atoms with van der Waals surface area (Å²) >= 11 is 0. The van der Waals surface area contributed by atoms with E-state index in [2.05, 4.69) is 36.0 Å². The number of carbonyl (C=O) groups excluding carboxylic acids is 3. The van der Waals surface area contributed by atoms with Gasteiger partial charge in [0.15, 0.2) is 5.82 Å². The summed E-state index contributed by atoms with van der Waals surface area (Å²) < 4.78 is 51.1. The first-order chi connectivity index (χ1) is 34.9. The minimum absolute atomic E-state index is 0.0361. The Bertz CT molecular complexity index is 2970. The van der Waals surface area contributed by atoms with E-state index < -0.39 is 29.2 Å². The van der Waals surface area contributed by atoms with Crippen LogP contribution in [-0.2, 0) is 32.0 Å². The number of nitrogens with zero attached hydrogens (tertiary/aromatic N) is 8. The molecule has 5 saturated heterocycles. The second-order valence-electron chi connectivity index (χ2n) is 21.3. The highest BCUT2D eigenvalue weighted by atomic mass is 19.1. The lowest BCUT2D eigenvalue weighted by Gasteiger charge is -2.42. The van der Waals surface area contributed by atoms with Gasteiger partial charge in [0.05, 0.1) is 38.4 Å². The van der Waals surface area contributed by atoms with Gasteiger partial charge >= 0.3 is 6.01 Å². The van der Waals surface area contributed by atoms with E-state index in [-0.39, 0.29) is 52.2 Å². The molecule has 3 amide bonds. The molecule has 0 bridgehead atoms. The van der Waals surface area contributed by atoms with Gasteiger partial charge in [-0.3, -0.25) is 29.6 Å². The Morgan fingerprint density at radius 2 is 1.71 bits per heavy atom. The second-order valence-corrected chi connectivity index (χ2v) is 21.3. The Kier molecular flexibility index (Phi) is 12.2. The third kappa shape index (κ3) is 8.87. The van der Waals surface area contributed by atoms with E-state index in [0.717, 1.165) is 95.7 Å². The molecule has 1 saturated carbocycles.